The number of rotatable bonds is 51. The van der Waals surface area contributed by atoms with E-state index in [0.29, 0.717) is 25.9 Å². The molecule has 0 spiro atoms. The zero-order valence-electron chi connectivity index (χ0n) is 41.6. The summed E-state index contributed by atoms with van der Waals surface area (Å²) in [6.07, 6.45) is 61.7. The second-order valence-electron chi connectivity index (χ2n) is 18.9. The third-order valence-corrected chi connectivity index (χ3v) is 12.8. The number of hydrogen-bond acceptors (Lipinski definition) is 5. The summed E-state index contributed by atoms with van der Waals surface area (Å²) in [5.74, 6) is -0.0391. The predicted molar refractivity (Wildman–Crippen MR) is 269 cm³/mol. The van der Waals surface area contributed by atoms with E-state index in [1.54, 1.807) is 0 Å². The summed E-state index contributed by atoms with van der Waals surface area (Å²) in [6.45, 7) is 4.89. The number of amides is 1. The van der Waals surface area contributed by atoms with Crippen molar-refractivity contribution >= 4 is 11.9 Å². The molecular formula is C56H107NO5. The summed E-state index contributed by atoms with van der Waals surface area (Å²) >= 11 is 0. The molecule has 62 heavy (non-hydrogen) atoms. The van der Waals surface area contributed by atoms with Crippen LogP contribution in [0.3, 0.4) is 0 Å². The van der Waals surface area contributed by atoms with Crippen molar-refractivity contribution in [2.75, 3.05) is 13.2 Å². The van der Waals surface area contributed by atoms with Crippen LogP contribution in [0.5, 0.6) is 0 Å². The van der Waals surface area contributed by atoms with Crippen molar-refractivity contribution in [1.82, 2.24) is 5.32 Å². The molecule has 6 heteroatoms. The van der Waals surface area contributed by atoms with Crippen LogP contribution < -0.4 is 5.32 Å². The summed E-state index contributed by atoms with van der Waals surface area (Å²) in [5.41, 5.74) is 0. The van der Waals surface area contributed by atoms with Gasteiger partial charge in [-0.25, -0.2) is 0 Å². The maximum Gasteiger partial charge on any atom is 0.305 e. The van der Waals surface area contributed by atoms with E-state index in [0.717, 1.165) is 51.4 Å². The lowest BCUT2D eigenvalue weighted by molar-refractivity contribution is -0.143. The highest BCUT2D eigenvalue weighted by Crippen LogP contribution is 2.17. The molecule has 0 aliphatic rings. The van der Waals surface area contributed by atoms with Gasteiger partial charge in [0.15, 0.2) is 0 Å². The third kappa shape index (κ3) is 47.8. The van der Waals surface area contributed by atoms with Crippen LogP contribution in [-0.4, -0.2) is 47.4 Å². The van der Waals surface area contributed by atoms with E-state index in [9.17, 15) is 19.8 Å². The summed E-state index contributed by atoms with van der Waals surface area (Å²) in [6, 6.07) is -0.539. The van der Waals surface area contributed by atoms with E-state index in [-0.39, 0.29) is 18.5 Å². The lowest BCUT2D eigenvalue weighted by atomic mass is 10.0. The molecular weight excluding hydrogens is 767 g/mol. The second kappa shape index (κ2) is 52.0. The quantitative estimate of drug-likeness (QED) is 0.0321. The molecule has 2 atom stereocenters. The predicted octanol–water partition coefficient (Wildman–Crippen LogP) is 16.7. The number of nitrogens with one attached hydrogen (secondary N) is 1. The molecule has 0 aromatic heterocycles. The van der Waals surface area contributed by atoms with Crippen LogP contribution in [0.25, 0.3) is 0 Å². The average Bonchev–Trinajstić information content (AvgIpc) is 3.27. The molecule has 2 unspecified atom stereocenters. The minimum absolute atomic E-state index is 0.00161. The van der Waals surface area contributed by atoms with E-state index in [1.165, 1.54) is 212 Å². The highest BCUT2D eigenvalue weighted by Gasteiger charge is 2.20. The zero-order valence-corrected chi connectivity index (χ0v) is 41.6. The summed E-state index contributed by atoms with van der Waals surface area (Å²) < 4.78 is 5.47. The zero-order chi connectivity index (χ0) is 45.1. The number of aliphatic hydroxyl groups excluding tert-OH is 2. The van der Waals surface area contributed by atoms with Gasteiger partial charge in [0, 0.05) is 12.8 Å². The van der Waals surface area contributed by atoms with Crippen molar-refractivity contribution in [2.24, 2.45) is 0 Å². The largest absolute Gasteiger partial charge is 0.466 e. The van der Waals surface area contributed by atoms with Crippen molar-refractivity contribution in [3.8, 4) is 0 Å². The molecule has 0 saturated carbocycles. The van der Waals surface area contributed by atoms with Crippen LogP contribution in [0.2, 0.25) is 0 Å². The van der Waals surface area contributed by atoms with E-state index < -0.39 is 12.1 Å². The number of carbonyl (C=O) groups is 2. The van der Waals surface area contributed by atoms with Crippen molar-refractivity contribution < 1.29 is 24.5 Å². The van der Waals surface area contributed by atoms with Crippen molar-refractivity contribution in [1.29, 1.82) is 0 Å². The van der Waals surface area contributed by atoms with Crippen molar-refractivity contribution in [2.45, 2.75) is 309 Å². The highest BCUT2D eigenvalue weighted by molar-refractivity contribution is 5.76. The van der Waals surface area contributed by atoms with Gasteiger partial charge >= 0.3 is 5.97 Å². The Bertz CT molecular complexity index is 966. The van der Waals surface area contributed by atoms with E-state index in [2.05, 4.69) is 43.5 Å². The Hall–Kier alpha value is -1.66. The second-order valence-corrected chi connectivity index (χ2v) is 18.9. The lowest BCUT2D eigenvalue weighted by Gasteiger charge is -2.22. The number of ether oxygens (including phenoxy) is 1. The Balaban J connectivity index is 3.35. The Morgan fingerprint density at radius 1 is 0.452 bits per heavy atom. The van der Waals surface area contributed by atoms with Crippen LogP contribution in [0, 0.1) is 0 Å². The molecule has 6 nitrogen and oxygen atoms in total. The van der Waals surface area contributed by atoms with Crippen LogP contribution in [0.15, 0.2) is 24.3 Å². The fourth-order valence-electron chi connectivity index (χ4n) is 8.48. The summed E-state index contributed by atoms with van der Waals surface area (Å²) in [5, 5.41) is 23.1. The van der Waals surface area contributed by atoms with Gasteiger partial charge < -0.3 is 20.3 Å². The SMILES string of the molecule is CCCC/C=C\C/C=C\CCCCCCCC(=O)OCCCCCCCCCCCCCCCCCCCCCCCCC(=O)NC(CO)C(O)CCCCCCCCCCC. The maximum atomic E-state index is 12.4. The Morgan fingerprint density at radius 3 is 1.27 bits per heavy atom. The standard InChI is InChI=1S/C56H107NO5/c1-3-5-7-9-11-13-14-15-27-30-34-38-42-46-50-56(61)62-51-47-43-39-35-31-28-25-23-21-19-17-16-18-20-22-24-26-29-33-37-41-45-49-55(60)57-53(52-58)54(59)48-44-40-36-32-12-10-8-6-4-2/h9,11,14-15,53-54,58-59H,3-8,10,12-13,16-52H2,1-2H3,(H,57,60)/b11-9-,15-14-. The molecule has 0 aliphatic carbocycles. The van der Waals surface area contributed by atoms with E-state index in [4.69, 9.17) is 4.74 Å². The number of aliphatic hydroxyl groups is 2. The lowest BCUT2D eigenvalue weighted by Crippen LogP contribution is -2.45. The Morgan fingerprint density at radius 2 is 0.823 bits per heavy atom. The van der Waals surface area contributed by atoms with Crippen LogP contribution in [-0.2, 0) is 14.3 Å². The van der Waals surface area contributed by atoms with Gasteiger partial charge in [-0.05, 0) is 51.4 Å². The highest BCUT2D eigenvalue weighted by atomic mass is 16.5. The minimum Gasteiger partial charge on any atom is -0.466 e. The molecule has 0 aromatic carbocycles. The van der Waals surface area contributed by atoms with Gasteiger partial charge in [0.25, 0.3) is 0 Å². The molecule has 1 amide bonds. The molecule has 0 fully saturated rings. The minimum atomic E-state index is -0.662. The third-order valence-electron chi connectivity index (χ3n) is 12.8. The van der Waals surface area contributed by atoms with Gasteiger partial charge in [0.1, 0.15) is 0 Å². The number of allylic oxidation sites excluding steroid dienone is 4. The average molecular weight is 874 g/mol. The molecule has 0 rings (SSSR count). The van der Waals surface area contributed by atoms with Gasteiger partial charge in [0.05, 0.1) is 25.4 Å². The van der Waals surface area contributed by atoms with Gasteiger partial charge in [-0.2, -0.15) is 0 Å². The topological polar surface area (TPSA) is 95.9 Å². The summed E-state index contributed by atoms with van der Waals surface area (Å²) in [4.78, 5) is 24.4. The fourth-order valence-corrected chi connectivity index (χ4v) is 8.48. The van der Waals surface area contributed by atoms with E-state index in [1.807, 2.05) is 0 Å². The smallest absolute Gasteiger partial charge is 0.305 e. The van der Waals surface area contributed by atoms with Crippen LogP contribution in [0.4, 0.5) is 0 Å². The van der Waals surface area contributed by atoms with Crippen LogP contribution in [0.1, 0.15) is 296 Å². The van der Waals surface area contributed by atoms with Gasteiger partial charge in [0.2, 0.25) is 5.91 Å². The Kier molecular flexibility index (Phi) is 50.6. The molecule has 3 N–H and O–H groups in total. The first-order chi connectivity index (χ1) is 30.5. The van der Waals surface area contributed by atoms with E-state index >= 15 is 0 Å². The first-order valence-electron chi connectivity index (χ1n) is 27.6. The molecule has 0 bridgehead atoms. The molecule has 0 saturated heterocycles. The number of hydrogen-bond donors (Lipinski definition) is 3. The maximum absolute atomic E-state index is 12.4. The fraction of sp³-hybridized carbons (Fsp3) is 0.893. The number of unbranched alkanes of at least 4 members (excludes halogenated alkanes) is 36. The molecule has 0 aliphatic heterocycles. The molecule has 0 radical (unpaired) electrons. The number of carbonyl (C=O) groups excluding carboxylic acids is 2. The first kappa shape index (κ1) is 60.3. The van der Waals surface area contributed by atoms with Gasteiger partial charge in [-0.15, -0.1) is 0 Å². The van der Waals surface area contributed by atoms with Gasteiger partial charge in [-0.3, -0.25) is 9.59 Å². The normalized spacial score (nSPS) is 12.8. The molecule has 0 heterocycles. The van der Waals surface area contributed by atoms with Crippen LogP contribution >= 0.6 is 0 Å². The molecule has 366 valence electrons. The van der Waals surface area contributed by atoms with Crippen molar-refractivity contribution in [3.63, 3.8) is 0 Å². The van der Waals surface area contributed by atoms with Gasteiger partial charge in [-0.1, -0.05) is 256 Å². The molecule has 0 aromatic rings. The first-order valence-corrected chi connectivity index (χ1v) is 27.6. The summed E-state index contributed by atoms with van der Waals surface area (Å²) in [7, 11) is 0. The monoisotopic (exact) mass is 874 g/mol. The van der Waals surface area contributed by atoms with Crippen molar-refractivity contribution in [3.05, 3.63) is 24.3 Å². The number of esters is 1. The Labute approximate surface area is 386 Å².